The van der Waals surface area contributed by atoms with Gasteiger partial charge in [0.15, 0.2) is 5.75 Å². The zero-order valence-corrected chi connectivity index (χ0v) is 23.0. The van der Waals surface area contributed by atoms with Crippen LogP contribution in [0, 0.1) is 5.92 Å². The van der Waals surface area contributed by atoms with Crippen molar-refractivity contribution < 1.29 is 17.9 Å². The van der Waals surface area contributed by atoms with Gasteiger partial charge in [-0.2, -0.15) is 0 Å². The minimum absolute atomic E-state index is 0.268. The molecule has 1 saturated heterocycles. The zero-order valence-electron chi connectivity index (χ0n) is 22.2. The second-order valence-corrected chi connectivity index (χ2v) is 11.9. The normalized spacial score (nSPS) is 14.8. The number of anilines is 2. The fourth-order valence-corrected chi connectivity index (χ4v) is 5.56. The Hall–Kier alpha value is -3.08. The Labute approximate surface area is 219 Å². The average molecular weight is 528 g/mol. The number of carbonyl (C=O) groups is 1. The summed E-state index contributed by atoms with van der Waals surface area (Å²) in [5, 5.41) is 7.37. The molecule has 1 fully saturated rings. The van der Waals surface area contributed by atoms with Crippen LogP contribution in [0.3, 0.4) is 0 Å². The van der Waals surface area contributed by atoms with Gasteiger partial charge in [-0.1, -0.05) is 32.0 Å². The van der Waals surface area contributed by atoms with E-state index >= 15 is 0 Å². The number of rotatable bonds is 9. The summed E-state index contributed by atoms with van der Waals surface area (Å²) in [5.74, 6) is 0.317. The van der Waals surface area contributed by atoms with Gasteiger partial charge in [0.25, 0.3) is 5.91 Å². The smallest absolute Gasteiger partial charge is 0.272 e. The van der Waals surface area contributed by atoms with Gasteiger partial charge in [0, 0.05) is 45.2 Å². The number of hydrogen-bond acceptors (Lipinski definition) is 6. The molecule has 0 aliphatic carbocycles. The van der Waals surface area contributed by atoms with E-state index in [1.54, 1.807) is 6.07 Å². The van der Waals surface area contributed by atoms with Crippen LogP contribution in [0.1, 0.15) is 35.5 Å². The van der Waals surface area contributed by atoms with Crippen LogP contribution in [-0.2, 0) is 30.0 Å². The summed E-state index contributed by atoms with van der Waals surface area (Å²) < 4.78 is 34.0. The lowest BCUT2D eigenvalue weighted by Gasteiger charge is -2.27. The van der Waals surface area contributed by atoms with Crippen LogP contribution in [0.25, 0.3) is 10.9 Å². The lowest BCUT2D eigenvalue weighted by atomic mass is 10.0. The number of sulfonamides is 1. The van der Waals surface area contributed by atoms with E-state index in [2.05, 4.69) is 40.2 Å². The standard InChI is InChI=1S/C27H37N5O4S/c1-18(2)13-19-14-22(26(36-4)23(15-19)30-37(5,34)35)29-27(33)24-16-20-7-6-8-21(25(20)31(24)3)17-32-11-9-28-10-12-32/h6-8,14-16,18,28,30H,9-13,17H2,1-5H3,(H,29,33). The summed E-state index contributed by atoms with van der Waals surface area (Å²) in [6.07, 6.45) is 1.81. The Bertz CT molecular complexity index is 1390. The van der Waals surface area contributed by atoms with E-state index in [0.717, 1.165) is 55.4 Å². The van der Waals surface area contributed by atoms with Crippen LogP contribution in [0.2, 0.25) is 0 Å². The maximum absolute atomic E-state index is 13.6. The molecular weight excluding hydrogens is 490 g/mol. The molecule has 10 heteroatoms. The first-order valence-electron chi connectivity index (χ1n) is 12.6. The van der Waals surface area contributed by atoms with E-state index in [4.69, 9.17) is 4.74 Å². The van der Waals surface area contributed by atoms with Crippen LogP contribution in [0.15, 0.2) is 36.4 Å². The molecule has 37 heavy (non-hydrogen) atoms. The fourth-order valence-electron chi connectivity index (χ4n) is 5.01. The lowest BCUT2D eigenvalue weighted by Crippen LogP contribution is -2.42. The maximum atomic E-state index is 13.6. The molecule has 1 aliphatic heterocycles. The van der Waals surface area contributed by atoms with Gasteiger partial charge in [-0.15, -0.1) is 0 Å². The molecule has 4 rings (SSSR count). The number of hydrogen-bond donors (Lipinski definition) is 3. The van der Waals surface area contributed by atoms with Gasteiger partial charge < -0.3 is 19.9 Å². The molecule has 0 unspecified atom stereocenters. The van der Waals surface area contributed by atoms with Gasteiger partial charge in [0.1, 0.15) is 5.69 Å². The Morgan fingerprint density at radius 2 is 1.84 bits per heavy atom. The summed E-state index contributed by atoms with van der Waals surface area (Å²) in [4.78, 5) is 16.0. The Balaban J connectivity index is 1.69. The molecule has 0 radical (unpaired) electrons. The van der Waals surface area contributed by atoms with Crippen LogP contribution in [-0.4, -0.2) is 63.3 Å². The highest BCUT2D eigenvalue weighted by Gasteiger charge is 2.21. The van der Waals surface area contributed by atoms with E-state index in [-0.39, 0.29) is 11.7 Å². The zero-order chi connectivity index (χ0) is 26.7. The molecule has 2 aromatic carbocycles. The number of methoxy groups -OCH3 is 1. The number of nitrogens with zero attached hydrogens (tertiary/aromatic N) is 2. The highest BCUT2D eigenvalue weighted by atomic mass is 32.2. The third kappa shape index (κ3) is 6.44. The van der Waals surface area contributed by atoms with Crippen LogP contribution >= 0.6 is 0 Å². The third-order valence-electron chi connectivity index (χ3n) is 6.52. The number of aryl methyl sites for hydroxylation is 1. The molecular formula is C27H37N5O4S. The molecule has 9 nitrogen and oxygen atoms in total. The first-order chi connectivity index (χ1) is 17.6. The van der Waals surface area contributed by atoms with Gasteiger partial charge in [-0.05, 0) is 41.7 Å². The van der Waals surface area contributed by atoms with Crippen molar-refractivity contribution in [3.63, 3.8) is 0 Å². The van der Waals surface area contributed by atoms with Crippen LogP contribution in [0.5, 0.6) is 5.75 Å². The number of para-hydroxylation sites is 1. The minimum atomic E-state index is -3.55. The van der Waals surface area contributed by atoms with Crippen molar-refractivity contribution in [1.82, 2.24) is 14.8 Å². The maximum Gasteiger partial charge on any atom is 0.272 e. The van der Waals surface area contributed by atoms with E-state index < -0.39 is 10.0 Å². The second-order valence-electron chi connectivity index (χ2n) is 10.1. The molecule has 0 atom stereocenters. The third-order valence-corrected chi connectivity index (χ3v) is 7.11. The summed E-state index contributed by atoms with van der Waals surface area (Å²) in [6, 6.07) is 11.7. The Morgan fingerprint density at radius 3 is 2.49 bits per heavy atom. The van der Waals surface area contributed by atoms with Crippen molar-refractivity contribution in [3.8, 4) is 5.75 Å². The molecule has 200 valence electrons. The Morgan fingerprint density at radius 1 is 1.14 bits per heavy atom. The number of piperazine rings is 1. The monoisotopic (exact) mass is 527 g/mol. The highest BCUT2D eigenvalue weighted by Crippen LogP contribution is 2.37. The summed E-state index contributed by atoms with van der Waals surface area (Å²) in [6.45, 7) is 8.92. The molecule has 0 spiro atoms. The minimum Gasteiger partial charge on any atom is -0.492 e. The molecule has 1 amide bonds. The lowest BCUT2D eigenvalue weighted by molar-refractivity contribution is 0.101. The van der Waals surface area contributed by atoms with E-state index in [1.165, 1.54) is 12.7 Å². The molecule has 1 aromatic heterocycles. The first kappa shape index (κ1) is 27.0. The first-order valence-corrected chi connectivity index (χ1v) is 14.4. The second kappa shape index (κ2) is 11.1. The van der Waals surface area contributed by atoms with E-state index in [9.17, 15) is 13.2 Å². The van der Waals surface area contributed by atoms with Gasteiger partial charge in [-0.25, -0.2) is 8.42 Å². The van der Waals surface area contributed by atoms with E-state index in [1.807, 2.05) is 35.9 Å². The molecule has 2 heterocycles. The summed E-state index contributed by atoms with van der Waals surface area (Å²) in [7, 11) is -0.186. The van der Waals surface area contributed by atoms with Gasteiger partial charge >= 0.3 is 0 Å². The summed E-state index contributed by atoms with van der Waals surface area (Å²) >= 11 is 0. The Kier molecular flexibility index (Phi) is 8.11. The van der Waals surface area contributed by atoms with Crippen molar-refractivity contribution in [3.05, 3.63) is 53.2 Å². The quantitative estimate of drug-likeness (QED) is 0.394. The van der Waals surface area contributed by atoms with Gasteiger partial charge in [-0.3, -0.25) is 14.4 Å². The number of benzene rings is 2. The fraction of sp³-hybridized carbons (Fsp3) is 0.444. The average Bonchev–Trinajstić information content (AvgIpc) is 3.16. The number of carbonyl (C=O) groups excluding carboxylic acids is 1. The number of fused-ring (bicyclic) bond motifs is 1. The number of nitrogens with one attached hydrogen (secondary N) is 3. The van der Waals surface area contributed by atoms with Gasteiger partial charge in [0.05, 0.1) is 30.3 Å². The number of ether oxygens (including phenoxy) is 1. The van der Waals surface area contributed by atoms with Crippen molar-refractivity contribution in [1.29, 1.82) is 0 Å². The molecule has 0 saturated carbocycles. The van der Waals surface area contributed by atoms with Crippen molar-refractivity contribution in [2.45, 2.75) is 26.8 Å². The molecule has 3 N–H and O–H groups in total. The van der Waals surface area contributed by atoms with Crippen molar-refractivity contribution >= 4 is 38.2 Å². The van der Waals surface area contributed by atoms with Gasteiger partial charge in [0.2, 0.25) is 10.0 Å². The van der Waals surface area contributed by atoms with Crippen LogP contribution < -0.4 is 20.1 Å². The molecule has 1 aliphatic rings. The molecule has 0 bridgehead atoms. The predicted molar refractivity (Wildman–Crippen MR) is 149 cm³/mol. The molecule has 3 aromatic rings. The topological polar surface area (TPSA) is 105 Å². The highest BCUT2D eigenvalue weighted by molar-refractivity contribution is 7.92. The SMILES string of the molecule is COc1c(NC(=O)c2cc3cccc(CN4CCNCC4)c3n2C)cc(CC(C)C)cc1NS(C)(=O)=O. The largest absolute Gasteiger partial charge is 0.492 e. The van der Waals surface area contributed by atoms with Crippen molar-refractivity contribution in [2.24, 2.45) is 13.0 Å². The number of aromatic nitrogens is 1. The van der Waals surface area contributed by atoms with Crippen LogP contribution in [0.4, 0.5) is 11.4 Å². The van der Waals surface area contributed by atoms with Crippen molar-refractivity contribution in [2.75, 3.05) is 49.6 Å². The summed E-state index contributed by atoms with van der Waals surface area (Å²) in [5.41, 5.74) is 4.34. The number of amides is 1. The predicted octanol–water partition coefficient (Wildman–Crippen LogP) is 3.41. The van der Waals surface area contributed by atoms with E-state index in [0.29, 0.717) is 29.4 Å².